The van der Waals surface area contributed by atoms with E-state index in [0.717, 1.165) is 35.3 Å². The monoisotopic (exact) mass is 346 g/mol. The number of nitrogens with zero attached hydrogens (tertiary/aromatic N) is 1. The standard InChI is InChI=1S/C18H22N2O3S/c1-12(24(19,21)22)18(13-7-8-13)15-9-14(10-20-11-15)16-5-3-4-6-17(16)23-2/h3-6,9-13,18H,7-8H2,1-2H3,(H2,19,21,22). The fourth-order valence-corrected chi connectivity index (χ4v) is 4.04. The van der Waals surface area contributed by atoms with Gasteiger partial charge in [-0.15, -0.1) is 0 Å². The number of pyridine rings is 1. The summed E-state index contributed by atoms with van der Waals surface area (Å²) in [7, 11) is -1.97. The second-order valence-corrected chi connectivity index (χ2v) is 8.29. The molecule has 128 valence electrons. The molecular formula is C18H22N2O3S. The van der Waals surface area contributed by atoms with Crippen molar-refractivity contribution in [2.75, 3.05) is 7.11 Å². The van der Waals surface area contributed by atoms with Crippen LogP contribution in [-0.4, -0.2) is 25.8 Å². The van der Waals surface area contributed by atoms with Gasteiger partial charge < -0.3 is 4.74 Å². The summed E-state index contributed by atoms with van der Waals surface area (Å²) >= 11 is 0. The van der Waals surface area contributed by atoms with E-state index in [1.165, 1.54) is 0 Å². The van der Waals surface area contributed by atoms with Gasteiger partial charge in [0.2, 0.25) is 10.0 Å². The van der Waals surface area contributed by atoms with Crippen LogP contribution in [0.15, 0.2) is 42.7 Å². The zero-order valence-electron chi connectivity index (χ0n) is 13.8. The van der Waals surface area contributed by atoms with Crippen molar-refractivity contribution in [3.8, 4) is 16.9 Å². The number of benzene rings is 1. The van der Waals surface area contributed by atoms with Crippen LogP contribution in [-0.2, 0) is 10.0 Å². The van der Waals surface area contributed by atoms with Crippen LogP contribution in [0, 0.1) is 5.92 Å². The Hall–Kier alpha value is -1.92. The van der Waals surface area contributed by atoms with Crippen LogP contribution in [0.25, 0.3) is 11.1 Å². The molecule has 24 heavy (non-hydrogen) atoms. The van der Waals surface area contributed by atoms with Crippen LogP contribution in [0.4, 0.5) is 0 Å². The molecule has 1 saturated carbocycles. The van der Waals surface area contributed by atoms with Gasteiger partial charge in [-0.2, -0.15) is 0 Å². The minimum atomic E-state index is -3.60. The first kappa shape index (κ1) is 16.9. The van der Waals surface area contributed by atoms with E-state index < -0.39 is 15.3 Å². The minimum Gasteiger partial charge on any atom is -0.496 e. The van der Waals surface area contributed by atoms with Crippen LogP contribution in [0.2, 0.25) is 0 Å². The molecule has 6 heteroatoms. The van der Waals surface area contributed by atoms with Gasteiger partial charge >= 0.3 is 0 Å². The van der Waals surface area contributed by atoms with Crippen LogP contribution in [0.1, 0.15) is 31.2 Å². The highest BCUT2D eigenvalue weighted by atomic mass is 32.2. The summed E-state index contributed by atoms with van der Waals surface area (Å²) in [6, 6.07) is 9.73. The van der Waals surface area contributed by atoms with Crippen molar-refractivity contribution in [3.63, 3.8) is 0 Å². The van der Waals surface area contributed by atoms with Crippen molar-refractivity contribution in [3.05, 3.63) is 48.3 Å². The number of primary sulfonamides is 1. The van der Waals surface area contributed by atoms with Gasteiger partial charge in [0.05, 0.1) is 12.4 Å². The van der Waals surface area contributed by atoms with Crippen LogP contribution >= 0.6 is 0 Å². The average molecular weight is 346 g/mol. The molecule has 1 aliphatic rings. The van der Waals surface area contributed by atoms with E-state index in [0.29, 0.717) is 5.92 Å². The zero-order chi connectivity index (χ0) is 17.3. The van der Waals surface area contributed by atoms with E-state index in [2.05, 4.69) is 4.98 Å². The number of para-hydroxylation sites is 1. The van der Waals surface area contributed by atoms with E-state index in [1.807, 2.05) is 30.3 Å². The first-order valence-electron chi connectivity index (χ1n) is 8.01. The van der Waals surface area contributed by atoms with Gasteiger partial charge in [0, 0.05) is 29.4 Å². The molecule has 5 nitrogen and oxygen atoms in total. The van der Waals surface area contributed by atoms with Crippen LogP contribution in [0.5, 0.6) is 5.75 Å². The molecule has 0 bridgehead atoms. The summed E-state index contributed by atoms with van der Waals surface area (Å²) < 4.78 is 29.2. The fourth-order valence-electron chi connectivity index (χ4n) is 3.26. The highest BCUT2D eigenvalue weighted by Gasteiger charge is 2.40. The normalized spacial score (nSPS) is 17.3. The maximum atomic E-state index is 11.9. The molecule has 1 fully saturated rings. The molecule has 0 aliphatic heterocycles. The number of hydrogen-bond acceptors (Lipinski definition) is 4. The number of aromatic nitrogens is 1. The molecule has 2 unspecified atom stereocenters. The third-order valence-corrected chi connectivity index (χ3v) is 6.05. The number of hydrogen-bond donors (Lipinski definition) is 1. The SMILES string of the molecule is COc1ccccc1-c1cncc(C(C2CC2)C(C)S(N)(=O)=O)c1. The van der Waals surface area contributed by atoms with Gasteiger partial charge in [-0.05, 0) is 43.4 Å². The van der Waals surface area contributed by atoms with Crippen molar-refractivity contribution in [1.82, 2.24) is 4.98 Å². The van der Waals surface area contributed by atoms with Crippen molar-refractivity contribution in [2.45, 2.75) is 30.9 Å². The summed E-state index contributed by atoms with van der Waals surface area (Å²) in [5, 5.41) is 4.78. The van der Waals surface area contributed by atoms with Crippen LogP contribution < -0.4 is 9.88 Å². The molecule has 0 amide bonds. The molecule has 1 heterocycles. The maximum absolute atomic E-state index is 11.9. The van der Waals surface area contributed by atoms with Gasteiger partial charge in [0.15, 0.2) is 0 Å². The summed E-state index contributed by atoms with van der Waals surface area (Å²) in [5.41, 5.74) is 2.77. The van der Waals surface area contributed by atoms with Crippen molar-refractivity contribution in [1.29, 1.82) is 0 Å². The Morgan fingerprint density at radius 2 is 1.96 bits per heavy atom. The number of sulfonamides is 1. The maximum Gasteiger partial charge on any atom is 0.212 e. The number of rotatable bonds is 6. The highest BCUT2D eigenvalue weighted by Crippen LogP contribution is 2.46. The molecule has 0 saturated heterocycles. The minimum absolute atomic E-state index is 0.123. The number of nitrogens with two attached hydrogens (primary N) is 1. The van der Waals surface area contributed by atoms with E-state index in [4.69, 9.17) is 9.88 Å². The lowest BCUT2D eigenvalue weighted by atomic mass is 9.91. The van der Waals surface area contributed by atoms with Crippen molar-refractivity contribution >= 4 is 10.0 Å². The predicted molar refractivity (Wildman–Crippen MR) is 94.3 cm³/mol. The molecule has 0 spiro atoms. The molecule has 2 atom stereocenters. The van der Waals surface area contributed by atoms with Gasteiger partial charge in [-0.3, -0.25) is 4.98 Å². The van der Waals surface area contributed by atoms with Gasteiger partial charge in [0.1, 0.15) is 5.75 Å². The van der Waals surface area contributed by atoms with Crippen molar-refractivity contribution < 1.29 is 13.2 Å². The second-order valence-electron chi connectivity index (χ2n) is 6.36. The number of methoxy groups -OCH3 is 1. The molecular weight excluding hydrogens is 324 g/mol. The van der Waals surface area contributed by atoms with Gasteiger partial charge in [0.25, 0.3) is 0 Å². The third-order valence-electron chi connectivity index (χ3n) is 4.72. The lowest BCUT2D eigenvalue weighted by Gasteiger charge is -2.23. The Balaban J connectivity index is 2.03. The summed E-state index contributed by atoms with van der Waals surface area (Å²) in [5.74, 6) is 0.995. The van der Waals surface area contributed by atoms with Gasteiger partial charge in [-0.1, -0.05) is 18.2 Å². The molecule has 2 N–H and O–H groups in total. The Morgan fingerprint density at radius 1 is 1.25 bits per heavy atom. The average Bonchev–Trinajstić information content (AvgIpc) is 3.39. The largest absolute Gasteiger partial charge is 0.496 e. The topological polar surface area (TPSA) is 82.3 Å². The number of ether oxygens (including phenoxy) is 1. The van der Waals surface area contributed by atoms with Crippen molar-refractivity contribution in [2.24, 2.45) is 11.1 Å². The lowest BCUT2D eigenvalue weighted by Crippen LogP contribution is -2.32. The Bertz CT molecular complexity index is 832. The fraction of sp³-hybridized carbons (Fsp3) is 0.389. The Kier molecular flexibility index (Phi) is 4.60. The highest BCUT2D eigenvalue weighted by molar-refractivity contribution is 7.89. The van der Waals surface area contributed by atoms with Gasteiger partial charge in [-0.25, -0.2) is 13.6 Å². The Morgan fingerprint density at radius 3 is 2.58 bits per heavy atom. The smallest absolute Gasteiger partial charge is 0.212 e. The summed E-state index contributed by atoms with van der Waals surface area (Å²) in [6.45, 7) is 1.69. The molecule has 1 aromatic heterocycles. The molecule has 2 aromatic rings. The first-order valence-corrected chi connectivity index (χ1v) is 9.62. The third kappa shape index (κ3) is 3.44. The molecule has 0 radical (unpaired) electrons. The molecule has 1 aliphatic carbocycles. The Labute approximate surface area is 142 Å². The first-order chi connectivity index (χ1) is 11.4. The predicted octanol–water partition coefficient (Wildman–Crippen LogP) is 2.93. The summed E-state index contributed by atoms with van der Waals surface area (Å²) in [6.07, 6.45) is 5.59. The van der Waals surface area contributed by atoms with Crippen LogP contribution in [0.3, 0.4) is 0 Å². The molecule has 3 rings (SSSR count). The lowest BCUT2D eigenvalue weighted by molar-refractivity contribution is 0.416. The second kappa shape index (κ2) is 6.53. The molecule has 1 aromatic carbocycles. The van der Waals surface area contributed by atoms with E-state index in [1.54, 1.807) is 26.4 Å². The zero-order valence-corrected chi connectivity index (χ0v) is 14.7. The van der Waals surface area contributed by atoms with E-state index in [-0.39, 0.29) is 5.92 Å². The van der Waals surface area contributed by atoms with E-state index in [9.17, 15) is 8.42 Å². The summed E-state index contributed by atoms with van der Waals surface area (Å²) in [4.78, 5) is 4.34. The van der Waals surface area contributed by atoms with E-state index >= 15 is 0 Å². The quantitative estimate of drug-likeness (QED) is 0.872.